The van der Waals surface area contributed by atoms with Crippen LogP contribution in [-0.2, 0) is 13.0 Å². The Hall–Kier alpha value is -2.34. The van der Waals surface area contributed by atoms with E-state index in [0.717, 1.165) is 36.6 Å². The highest BCUT2D eigenvalue weighted by Gasteiger charge is 2.00. The molecule has 0 aliphatic carbocycles. The van der Waals surface area contributed by atoms with Gasteiger partial charge >= 0.3 is 0 Å². The van der Waals surface area contributed by atoms with Crippen LogP contribution < -0.4 is 15.4 Å². The van der Waals surface area contributed by atoms with Gasteiger partial charge in [-0.05, 0) is 36.6 Å². The van der Waals surface area contributed by atoms with E-state index < -0.39 is 0 Å². The summed E-state index contributed by atoms with van der Waals surface area (Å²) < 4.78 is 5.13. The zero-order valence-corrected chi connectivity index (χ0v) is 14.7. The molecule has 2 N–H and O–H groups in total. The SMILES string of the molecule is CCNC(=NCc1ccnc(OC)c1)NCCc1ccc(Cl)nc1. The molecular weight excluding hydrogens is 326 g/mol. The van der Waals surface area contributed by atoms with Crippen LogP contribution in [0.15, 0.2) is 41.7 Å². The lowest BCUT2D eigenvalue weighted by Gasteiger charge is -2.11. The Morgan fingerprint density at radius 3 is 2.79 bits per heavy atom. The summed E-state index contributed by atoms with van der Waals surface area (Å²) in [6, 6.07) is 7.58. The first-order valence-electron chi connectivity index (χ1n) is 7.82. The molecule has 2 aromatic rings. The zero-order chi connectivity index (χ0) is 17.2. The summed E-state index contributed by atoms with van der Waals surface area (Å²) in [6.07, 6.45) is 4.35. The summed E-state index contributed by atoms with van der Waals surface area (Å²) in [5.74, 6) is 1.37. The van der Waals surface area contributed by atoms with Gasteiger partial charge in [-0.15, -0.1) is 0 Å². The van der Waals surface area contributed by atoms with E-state index in [-0.39, 0.29) is 0 Å². The van der Waals surface area contributed by atoms with Gasteiger partial charge in [-0.1, -0.05) is 17.7 Å². The van der Waals surface area contributed by atoms with Crippen molar-refractivity contribution in [3.05, 3.63) is 52.9 Å². The molecule has 0 bridgehead atoms. The summed E-state index contributed by atoms with van der Waals surface area (Å²) in [6.45, 7) is 4.15. The number of nitrogens with zero attached hydrogens (tertiary/aromatic N) is 3. The highest BCUT2D eigenvalue weighted by Crippen LogP contribution is 2.09. The topological polar surface area (TPSA) is 71.4 Å². The van der Waals surface area contributed by atoms with Gasteiger partial charge in [-0.2, -0.15) is 0 Å². The van der Waals surface area contributed by atoms with E-state index >= 15 is 0 Å². The first-order chi connectivity index (χ1) is 11.7. The smallest absolute Gasteiger partial charge is 0.213 e. The third-order valence-corrected chi connectivity index (χ3v) is 3.49. The predicted molar refractivity (Wildman–Crippen MR) is 96.6 cm³/mol. The molecule has 2 aromatic heterocycles. The molecule has 0 aromatic carbocycles. The molecule has 2 rings (SSSR count). The van der Waals surface area contributed by atoms with Crippen LogP contribution in [0.3, 0.4) is 0 Å². The minimum Gasteiger partial charge on any atom is -0.481 e. The Bertz CT molecular complexity index is 660. The molecular formula is C17H22ClN5O. The fourth-order valence-corrected chi connectivity index (χ4v) is 2.16. The monoisotopic (exact) mass is 347 g/mol. The van der Waals surface area contributed by atoms with Gasteiger partial charge in [-0.25, -0.2) is 15.0 Å². The van der Waals surface area contributed by atoms with Crippen LogP contribution in [0.5, 0.6) is 5.88 Å². The third kappa shape index (κ3) is 6.04. The van der Waals surface area contributed by atoms with E-state index in [2.05, 4.69) is 25.6 Å². The molecule has 0 spiro atoms. The summed E-state index contributed by atoms with van der Waals surface area (Å²) in [7, 11) is 1.60. The lowest BCUT2D eigenvalue weighted by Crippen LogP contribution is -2.38. The van der Waals surface area contributed by atoms with Crippen molar-refractivity contribution in [2.45, 2.75) is 19.9 Å². The number of pyridine rings is 2. The molecule has 7 heteroatoms. The molecule has 0 saturated heterocycles. The first-order valence-corrected chi connectivity index (χ1v) is 8.20. The second-order valence-corrected chi connectivity index (χ2v) is 5.45. The summed E-state index contributed by atoms with van der Waals surface area (Å²) in [5.41, 5.74) is 2.17. The summed E-state index contributed by atoms with van der Waals surface area (Å²) in [4.78, 5) is 12.8. The maximum Gasteiger partial charge on any atom is 0.213 e. The molecule has 128 valence electrons. The van der Waals surface area contributed by atoms with Crippen molar-refractivity contribution < 1.29 is 4.74 Å². The van der Waals surface area contributed by atoms with Gasteiger partial charge in [0.15, 0.2) is 5.96 Å². The Balaban J connectivity index is 1.88. The van der Waals surface area contributed by atoms with Gasteiger partial charge in [0.1, 0.15) is 5.15 Å². The van der Waals surface area contributed by atoms with E-state index in [9.17, 15) is 0 Å². The summed E-state index contributed by atoms with van der Waals surface area (Å²) in [5, 5.41) is 7.05. The van der Waals surface area contributed by atoms with Gasteiger partial charge in [0.2, 0.25) is 5.88 Å². The molecule has 0 atom stereocenters. The molecule has 0 amide bonds. The number of hydrogen-bond acceptors (Lipinski definition) is 4. The molecule has 0 radical (unpaired) electrons. The second-order valence-electron chi connectivity index (χ2n) is 5.07. The quantitative estimate of drug-likeness (QED) is 0.457. The Labute approximate surface area is 147 Å². The van der Waals surface area contributed by atoms with Gasteiger partial charge in [-0.3, -0.25) is 0 Å². The van der Waals surface area contributed by atoms with E-state index in [4.69, 9.17) is 16.3 Å². The molecule has 6 nitrogen and oxygen atoms in total. The van der Waals surface area contributed by atoms with E-state index in [1.165, 1.54) is 0 Å². The van der Waals surface area contributed by atoms with Crippen LogP contribution in [0.2, 0.25) is 5.15 Å². The second kappa shape index (κ2) is 9.72. The molecule has 0 aliphatic rings. The first kappa shape index (κ1) is 18.0. The highest BCUT2D eigenvalue weighted by molar-refractivity contribution is 6.29. The van der Waals surface area contributed by atoms with Gasteiger partial charge in [0.05, 0.1) is 13.7 Å². The Kier molecular flexibility index (Phi) is 7.29. The van der Waals surface area contributed by atoms with E-state index in [1.54, 1.807) is 25.6 Å². The highest BCUT2D eigenvalue weighted by atomic mass is 35.5. The van der Waals surface area contributed by atoms with Crippen molar-refractivity contribution in [2.75, 3.05) is 20.2 Å². The summed E-state index contributed by atoms with van der Waals surface area (Å²) >= 11 is 5.79. The average molecular weight is 348 g/mol. The van der Waals surface area contributed by atoms with Gasteiger partial charge in [0.25, 0.3) is 0 Å². The van der Waals surface area contributed by atoms with Crippen LogP contribution in [-0.4, -0.2) is 36.1 Å². The van der Waals surface area contributed by atoms with Gasteiger partial charge in [0, 0.05) is 31.5 Å². The molecule has 2 heterocycles. The van der Waals surface area contributed by atoms with Gasteiger partial charge < -0.3 is 15.4 Å². The largest absolute Gasteiger partial charge is 0.481 e. The van der Waals surface area contributed by atoms with Crippen molar-refractivity contribution in [1.82, 2.24) is 20.6 Å². The van der Waals surface area contributed by atoms with E-state index in [0.29, 0.717) is 17.6 Å². The predicted octanol–water partition coefficient (Wildman–Crippen LogP) is 2.44. The lowest BCUT2D eigenvalue weighted by molar-refractivity contribution is 0.397. The number of halogens is 1. The Morgan fingerprint density at radius 1 is 1.21 bits per heavy atom. The van der Waals surface area contributed by atoms with Crippen molar-refractivity contribution in [2.24, 2.45) is 4.99 Å². The van der Waals surface area contributed by atoms with Crippen molar-refractivity contribution in [3.63, 3.8) is 0 Å². The zero-order valence-electron chi connectivity index (χ0n) is 13.9. The fourth-order valence-electron chi connectivity index (χ4n) is 2.05. The maximum absolute atomic E-state index is 5.79. The number of hydrogen-bond donors (Lipinski definition) is 2. The van der Waals surface area contributed by atoms with Crippen LogP contribution in [0.25, 0.3) is 0 Å². The number of guanidine groups is 1. The Morgan fingerprint density at radius 2 is 2.08 bits per heavy atom. The van der Waals surface area contributed by atoms with Crippen molar-refractivity contribution in [3.8, 4) is 5.88 Å². The van der Waals surface area contributed by atoms with Crippen LogP contribution >= 0.6 is 11.6 Å². The number of aromatic nitrogens is 2. The number of aliphatic imine (C=N–C) groups is 1. The van der Waals surface area contributed by atoms with Crippen LogP contribution in [0.4, 0.5) is 0 Å². The van der Waals surface area contributed by atoms with Crippen molar-refractivity contribution >= 4 is 17.6 Å². The lowest BCUT2D eigenvalue weighted by atomic mass is 10.2. The standard InChI is InChI=1S/C17H22ClN5O/c1-3-19-17(21-9-6-13-4-5-15(18)22-11-13)23-12-14-7-8-20-16(10-14)24-2/h4-5,7-8,10-11H,3,6,9,12H2,1-2H3,(H2,19,21,23). The fraction of sp³-hybridized carbons (Fsp3) is 0.353. The van der Waals surface area contributed by atoms with E-state index in [1.807, 2.05) is 25.1 Å². The van der Waals surface area contributed by atoms with Crippen LogP contribution in [0, 0.1) is 0 Å². The number of rotatable bonds is 7. The number of ether oxygens (including phenoxy) is 1. The third-order valence-electron chi connectivity index (χ3n) is 3.27. The number of nitrogens with one attached hydrogen (secondary N) is 2. The van der Waals surface area contributed by atoms with Crippen molar-refractivity contribution in [1.29, 1.82) is 0 Å². The van der Waals surface area contributed by atoms with Crippen LogP contribution in [0.1, 0.15) is 18.1 Å². The maximum atomic E-state index is 5.79. The molecule has 0 saturated carbocycles. The minimum absolute atomic E-state index is 0.509. The molecule has 0 unspecified atom stereocenters. The normalized spacial score (nSPS) is 11.2. The molecule has 0 fully saturated rings. The average Bonchev–Trinajstić information content (AvgIpc) is 2.61. The molecule has 24 heavy (non-hydrogen) atoms. The minimum atomic E-state index is 0.509. The molecule has 0 aliphatic heterocycles. The number of methoxy groups -OCH3 is 1.